The standard InChI is InChI=1S/C12H20N2O4/c1-5-13-6-7-14(11(17)10(13)16)8-9(15)18-12(2,3)4/h5-8H2,1-4H3. The van der Waals surface area contributed by atoms with Crippen molar-refractivity contribution in [1.29, 1.82) is 0 Å². The van der Waals surface area contributed by atoms with E-state index in [1.54, 1.807) is 20.8 Å². The van der Waals surface area contributed by atoms with Crippen molar-refractivity contribution in [3.8, 4) is 0 Å². The minimum Gasteiger partial charge on any atom is -0.459 e. The Morgan fingerprint density at radius 2 is 1.67 bits per heavy atom. The van der Waals surface area contributed by atoms with Gasteiger partial charge < -0.3 is 14.5 Å². The van der Waals surface area contributed by atoms with Crippen LogP contribution < -0.4 is 0 Å². The van der Waals surface area contributed by atoms with Gasteiger partial charge in [0.2, 0.25) is 0 Å². The van der Waals surface area contributed by atoms with Crippen molar-refractivity contribution < 1.29 is 19.1 Å². The quantitative estimate of drug-likeness (QED) is 0.527. The Bertz CT molecular complexity index is 360. The maximum atomic E-state index is 11.7. The number of hydrogen-bond donors (Lipinski definition) is 0. The minimum atomic E-state index is -0.631. The van der Waals surface area contributed by atoms with Crippen molar-refractivity contribution in [3.63, 3.8) is 0 Å². The first-order valence-corrected chi connectivity index (χ1v) is 6.04. The molecule has 0 unspecified atom stereocenters. The Kier molecular flexibility index (Phi) is 4.32. The lowest BCUT2D eigenvalue weighted by Crippen LogP contribution is -2.55. The summed E-state index contributed by atoms with van der Waals surface area (Å²) in [5.74, 6) is -1.67. The molecule has 1 rings (SSSR count). The highest BCUT2D eigenvalue weighted by Crippen LogP contribution is 2.09. The molecule has 102 valence electrons. The second-order valence-electron chi connectivity index (χ2n) is 5.20. The molecule has 6 heteroatoms. The van der Waals surface area contributed by atoms with Gasteiger partial charge in [-0.25, -0.2) is 0 Å². The summed E-state index contributed by atoms with van der Waals surface area (Å²) in [5.41, 5.74) is -0.588. The van der Waals surface area contributed by atoms with Gasteiger partial charge in [0.25, 0.3) is 0 Å². The van der Waals surface area contributed by atoms with Gasteiger partial charge in [-0.1, -0.05) is 0 Å². The number of carbonyl (C=O) groups is 3. The van der Waals surface area contributed by atoms with Crippen LogP contribution in [0.2, 0.25) is 0 Å². The molecule has 0 N–H and O–H groups in total. The Balaban J connectivity index is 2.57. The molecule has 2 amide bonds. The number of hydrogen-bond acceptors (Lipinski definition) is 4. The Hall–Kier alpha value is -1.59. The van der Waals surface area contributed by atoms with Gasteiger partial charge in [0.1, 0.15) is 12.1 Å². The third-order valence-electron chi connectivity index (χ3n) is 2.52. The molecular formula is C12H20N2O4. The first-order chi connectivity index (χ1) is 8.24. The summed E-state index contributed by atoms with van der Waals surface area (Å²) >= 11 is 0. The van der Waals surface area contributed by atoms with Crippen LogP contribution in [-0.4, -0.2) is 59.4 Å². The van der Waals surface area contributed by atoms with Crippen molar-refractivity contribution in [2.24, 2.45) is 0 Å². The molecule has 18 heavy (non-hydrogen) atoms. The molecule has 0 spiro atoms. The first-order valence-electron chi connectivity index (χ1n) is 6.04. The highest BCUT2D eigenvalue weighted by molar-refractivity contribution is 6.35. The average molecular weight is 256 g/mol. The predicted molar refractivity (Wildman–Crippen MR) is 64.7 cm³/mol. The van der Waals surface area contributed by atoms with E-state index in [0.29, 0.717) is 19.6 Å². The topological polar surface area (TPSA) is 66.9 Å². The van der Waals surface area contributed by atoms with E-state index in [4.69, 9.17) is 4.74 Å². The number of amides is 2. The van der Waals surface area contributed by atoms with Crippen LogP contribution in [0.1, 0.15) is 27.7 Å². The van der Waals surface area contributed by atoms with E-state index in [-0.39, 0.29) is 6.54 Å². The molecule has 0 aromatic rings. The number of rotatable bonds is 3. The van der Waals surface area contributed by atoms with Crippen molar-refractivity contribution in [2.75, 3.05) is 26.2 Å². The third kappa shape index (κ3) is 3.72. The van der Waals surface area contributed by atoms with Gasteiger partial charge in [-0.15, -0.1) is 0 Å². The van der Waals surface area contributed by atoms with Crippen LogP contribution in [0.15, 0.2) is 0 Å². The molecular weight excluding hydrogens is 236 g/mol. The Morgan fingerprint density at radius 3 is 2.17 bits per heavy atom. The molecule has 0 aliphatic carbocycles. The lowest BCUT2D eigenvalue weighted by atomic mass is 10.2. The van der Waals surface area contributed by atoms with Gasteiger partial charge in [-0.3, -0.25) is 14.4 Å². The van der Waals surface area contributed by atoms with Crippen molar-refractivity contribution in [2.45, 2.75) is 33.3 Å². The summed E-state index contributed by atoms with van der Waals surface area (Å²) in [4.78, 5) is 37.6. The van der Waals surface area contributed by atoms with Gasteiger partial charge in [0, 0.05) is 19.6 Å². The van der Waals surface area contributed by atoms with E-state index in [1.807, 2.05) is 6.92 Å². The fourth-order valence-electron chi connectivity index (χ4n) is 1.70. The van der Waals surface area contributed by atoms with Crippen LogP contribution in [0, 0.1) is 0 Å². The lowest BCUT2D eigenvalue weighted by molar-refractivity contribution is -0.164. The van der Waals surface area contributed by atoms with Gasteiger partial charge in [-0.2, -0.15) is 0 Å². The SMILES string of the molecule is CCN1CCN(CC(=O)OC(C)(C)C)C(=O)C1=O. The minimum absolute atomic E-state index is 0.167. The number of esters is 1. The summed E-state index contributed by atoms with van der Waals surface area (Å²) in [6.07, 6.45) is 0. The lowest BCUT2D eigenvalue weighted by Gasteiger charge is -2.33. The van der Waals surface area contributed by atoms with Crippen LogP contribution in [-0.2, 0) is 19.1 Å². The van der Waals surface area contributed by atoms with Gasteiger partial charge in [0.15, 0.2) is 0 Å². The third-order valence-corrected chi connectivity index (χ3v) is 2.52. The van der Waals surface area contributed by atoms with E-state index < -0.39 is 23.4 Å². The zero-order chi connectivity index (χ0) is 13.9. The average Bonchev–Trinajstić information content (AvgIpc) is 2.22. The summed E-state index contributed by atoms with van der Waals surface area (Å²) < 4.78 is 5.12. The van der Waals surface area contributed by atoms with E-state index in [2.05, 4.69) is 0 Å². The monoisotopic (exact) mass is 256 g/mol. The highest BCUT2D eigenvalue weighted by atomic mass is 16.6. The molecule has 1 saturated heterocycles. The molecule has 1 aliphatic heterocycles. The highest BCUT2D eigenvalue weighted by Gasteiger charge is 2.33. The molecule has 0 aromatic carbocycles. The number of carbonyl (C=O) groups excluding carboxylic acids is 3. The van der Waals surface area contributed by atoms with E-state index in [0.717, 1.165) is 0 Å². The fraction of sp³-hybridized carbons (Fsp3) is 0.750. The predicted octanol–water partition coefficient (Wildman–Crippen LogP) is 0.0188. The van der Waals surface area contributed by atoms with Gasteiger partial charge >= 0.3 is 17.8 Å². The van der Waals surface area contributed by atoms with Gasteiger partial charge in [0.05, 0.1) is 0 Å². The van der Waals surface area contributed by atoms with Crippen molar-refractivity contribution in [1.82, 2.24) is 9.80 Å². The summed E-state index contributed by atoms with van der Waals surface area (Å²) in [7, 11) is 0. The molecule has 1 heterocycles. The van der Waals surface area contributed by atoms with E-state index in [9.17, 15) is 14.4 Å². The zero-order valence-electron chi connectivity index (χ0n) is 11.4. The molecule has 0 bridgehead atoms. The van der Waals surface area contributed by atoms with Crippen LogP contribution >= 0.6 is 0 Å². The second kappa shape index (κ2) is 5.37. The second-order valence-corrected chi connectivity index (χ2v) is 5.20. The summed E-state index contributed by atoms with van der Waals surface area (Å²) in [6, 6.07) is 0. The molecule has 1 aliphatic rings. The van der Waals surface area contributed by atoms with E-state index >= 15 is 0 Å². The smallest absolute Gasteiger partial charge is 0.326 e. The van der Waals surface area contributed by atoms with Crippen LogP contribution in [0.3, 0.4) is 0 Å². The molecule has 0 saturated carbocycles. The fourth-order valence-corrected chi connectivity index (χ4v) is 1.70. The number of likely N-dealkylation sites (N-methyl/N-ethyl adjacent to an activating group) is 1. The Morgan fingerprint density at radius 1 is 1.17 bits per heavy atom. The first kappa shape index (κ1) is 14.5. The summed E-state index contributed by atoms with van der Waals surface area (Å²) in [6.45, 7) is 8.26. The van der Waals surface area contributed by atoms with Crippen LogP contribution in [0.4, 0.5) is 0 Å². The maximum absolute atomic E-state index is 11.7. The molecule has 0 radical (unpaired) electrons. The van der Waals surface area contributed by atoms with Crippen molar-refractivity contribution >= 4 is 17.8 Å². The van der Waals surface area contributed by atoms with Crippen LogP contribution in [0.5, 0.6) is 0 Å². The zero-order valence-corrected chi connectivity index (χ0v) is 11.4. The maximum Gasteiger partial charge on any atom is 0.326 e. The number of ether oxygens (including phenoxy) is 1. The molecule has 1 fully saturated rings. The van der Waals surface area contributed by atoms with Gasteiger partial charge in [-0.05, 0) is 27.7 Å². The number of piperazine rings is 1. The largest absolute Gasteiger partial charge is 0.459 e. The number of nitrogens with zero attached hydrogens (tertiary/aromatic N) is 2. The molecule has 0 atom stereocenters. The normalized spacial score (nSPS) is 17.1. The van der Waals surface area contributed by atoms with Crippen LogP contribution in [0.25, 0.3) is 0 Å². The van der Waals surface area contributed by atoms with Crippen molar-refractivity contribution in [3.05, 3.63) is 0 Å². The summed E-state index contributed by atoms with van der Waals surface area (Å²) in [5, 5.41) is 0. The van der Waals surface area contributed by atoms with E-state index in [1.165, 1.54) is 9.80 Å². The molecule has 0 aromatic heterocycles. The molecule has 6 nitrogen and oxygen atoms in total. The Labute approximate surface area is 107 Å².